The van der Waals surface area contributed by atoms with E-state index in [9.17, 15) is 4.79 Å². The topological polar surface area (TPSA) is 49.3 Å². The van der Waals surface area contributed by atoms with Crippen LogP contribution in [0, 0.1) is 0 Å². The Morgan fingerprint density at radius 2 is 1.89 bits per heavy atom. The third kappa shape index (κ3) is 4.06. The zero-order valence-corrected chi connectivity index (χ0v) is 11.6. The lowest BCUT2D eigenvalue weighted by molar-refractivity contribution is 0.0924. The van der Waals surface area contributed by atoms with Gasteiger partial charge in [-0.3, -0.25) is 4.79 Å². The summed E-state index contributed by atoms with van der Waals surface area (Å²) in [7, 11) is 0. The van der Waals surface area contributed by atoms with Crippen molar-refractivity contribution in [3.63, 3.8) is 0 Å². The standard InChI is InChI=1S/C16H23NO2/c1-12(18)11-17-16(19)15-9-7-14(8-10-15)13-5-3-2-4-6-13/h7-10,12-13,18H,2-6,11H2,1H3,(H,17,19). The number of aliphatic hydroxyl groups excluding tert-OH is 1. The fraction of sp³-hybridized carbons (Fsp3) is 0.562. The van der Waals surface area contributed by atoms with Crippen LogP contribution >= 0.6 is 0 Å². The van der Waals surface area contributed by atoms with E-state index in [1.165, 1.54) is 37.7 Å². The first-order valence-corrected chi connectivity index (χ1v) is 7.23. The second-order valence-corrected chi connectivity index (χ2v) is 5.52. The van der Waals surface area contributed by atoms with Gasteiger partial charge in [-0.25, -0.2) is 0 Å². The molecule has 104 valence electrons. The van der Waals surface area contributed by atoms with Crippen LogP contribution in [-0.4, -0.2) is 23.7 Å². The van der Waals surface area contributed by atoms with Gasteiger partial charge in [-0.1, -0.05) is 31.4 Å². The van der Waals surface area contributed by atoms with Crippen LogP contribution in [0.3, 0.4) is 0 Å². The van der Waals surface area contributed by atoms with Crippen LogP contribution in [0.5, 0.6) is 0 Å². The highest BCUT2D eigenvalue weighted by Gasteiger charge is 2.15. The van der Waals surface area contributed by atoms with Gasteiger partial charge >= 0.3 is 0 Å². The summed E-state index contributed by atoms with van der Waals surface area (Å²) < 4.78 is 0. The van der Waals surface area contributed by atoms with E-state index in [1.807, 2.05) is 12.1 Å². The van der Waals surface area contributed by atoms with Crippen molar-refractivity contribution in [1.82, 2.24) is 5.32 Å². The van der Waals surface area contributed by atoms with Crippen molar-refractivity contribution in [3.05, 3.63) is 35.4 Å². The number of benzene rings is 1. The Hall–Kier alpha value is -1.35. The molecule has 0 bridgehead atoms. The number of carbonyl (C=O) groups is 1. The quantitative estimate of drug-likeness (QED) is 0.875. The first-order valence-electron chi connectivity index (χ1n) is 7.23. The molecule has 0 aromatic heterocycles. The number of hydrogen-bond donors (Lipinski definition) is 2. The van der Waals surface area contributed by atoms with Gasteiger partial charge in [0.05, 0.1) is 6.10 Å². The van der Waals surface area contributed by atoms with E-state index >= 15 is 0 Å². The molecule has 1 saturated carbocycles. The average Bonchev–Trinajstić information content (AvgIpc) is 2.46. The summed E-state index contributed by atoms with van der Waals surface area (Å²) in [5.74, 6) is 0.555. The monoisotopic (exact) mass is 261 g/mol. The Balaban J connectivity index is 1.95. The van der Waals surface area contributed by atoms with Crippen LogP contribution < -0.4 is 5.32 Å². The summed E-state index contributed by atoms with van der Waals surface area (Å²) in [4.78, 5) is 11.8. The van der Waals surface area contributed by atoms with Crippen LogP contribution in [0.4, 0.5) is 0 Å². The molecule has 1 aliphatic carbocycles. The second kappa shape index (κ2) is 6.71. The lowest BCUT2D eigenvalue weighted by atomic mass is 9.84. The molecule has 2 N–H and O–H groups in total. The molecule has 19 heavy (non-hydrogen) atoms. The number of aliphatic hydroxyl groups is 1. The second-order valence-electron chi connectivity index (χ2n) is 5.52. The van der Waals surface area contributed by atoms with Gasteiger partial charge in [-0.15, -0.1) is 0 Å². The normalized spacial score (nSPS) is 18.0. The summed E-state index contributed by atoms with van der Waals surface area (Å²) in [5.41, 5.74) is 2.02. The van der Waals surface area contributed by atoms with Gasteiger partial charge in [0, 0.05) is 12.1 Å². The molecule has 1 amide bonds. The van der Waals surface area contributed by atoms with Crippen molar-refractivity contribution in [3.8, 4) is 0 Å². The number of hydrogen-bond acceptors (Lipinski definition) is 2. The van der Waals surface area contributed by atoms with Gasteiger partial charge in [0.2, 0.25) is 0 Å². The SMILES string of the molecule is CC(O)CNC(=O)c1ccc(C2CCCCC2)cc1. The van der Waals surface area contributed by atoms with E-state index in [0.29, 0.717) is 18.0 Å². The van der Waals surface area contributed by atoms with Crippen LogP contribution in [0.25, 0.3) is 0 Å². The highest BCUT2D eigenvalue weighted by atomic mass is 16.3. The summed E-state index contributed by atoms with van der Waals surface area (Å²) in [5, 5.41) is 11.9. The Bertz CT molecular complexity index is 405. The van der Waals surface area contributed by atoms with Crippen LogP contribution in [0.2, 0.25) is 0 Å². The molecule has 2 rings (SSSR count). The highest BCUT2D eigenvalue weighted by molar-refractivity contribution is 5.94. The molecule has 3 heteroatoms. The van der Waals surface area contributed by atoms with Gasteiger partial charge in [-0.05, 0) is 43.4 Å². The third-order valence-electron chi connectivity index (χ3n) is 3.81. The Morgan fingerprint density at radius 1 is 1.26 bits per heavy atom. The summed E-state index contributed by atoms with van der Waals surface area (Å²) in [6, 6.07) is 7.93. The van der Waals surface area contributed by atoms with Gasteiger partial charge in [0.1, 0.15) is 0 Å². The van der Waals surface area contributed by atoms with Gasteiger partial charge in [0.15, 0.2) is 0 Å². The third-order valence-corrected chi connectivity index (χ3v) is 3.81. The zero-order valence-electron chi connectivity index (χ0n) is 11.6. The molecular formula is C16H23NO2. The molecular weight excluding hydrogens is 238 g/mol. The molecule has 1 aromatic rings. The van der Waals surface area contributed by atoms with Crippen molar-refractivity contribution in [1.29, 1.82) is 0 Å². The van der Waals surface area contributed by atoms with Crippen LogP contribution in [-0.2, 0) is 0 Å². The van der Waals surface area contributed by atoms with E-state index in [1.54, 1.807) is 6.92 Å². The fourth-order valence-electron chi connectivity index (χ4n) is 2.69. The largest absolute Gasteiger partial charge is 0.392 e. The van der Waals surface area contributed by atoms with E-state index in [4.69, 9.17) is 5.11 Å². The summed E-state index contributed by atoms with van der Waals surface area (Å²) in [6.07, 6.45) is 6.03. The predicted molar refractivity (Wildman–Crippen MR) is 76.3 cm³/mol. The molecule has 3 nitrogen and oxygen atoms in total. The first kappa shape index (κ1) is 14.1. The maximum absolute atomic E-state index is 11.8. The molecule has 0 radical (unpaired) electrons. The van der Waals surface area contributed by atoms with E-state index < -0.39 is 6.10 Å². The molecule has 0 heterocycles. The molecule has 0 spiro atoms. The van der Waals surface area contributed by atoms with Crippen molar-refractivity contribution >= 4 is 5.91 Å². The Labute approximate surface area is 115 Å². The number of carbonyl (C=O) groups excluding carboxylic acids is 1. The van der Waals surface area contributed by atoms with Gasteiger partial charge in [0.25, 0.3) is 5.91 Å². The zero-order chi connectivity index (χ0) is 13.7. The number of nitrogens with one attached hydrogen (secondary N) is 1. The molecule has 0 aliphatic heterocycles. The van der Waals surface area contributed by atoms with Crippen molar-refractivity contribution in [2.45, 2.75) is 51.0 Å². The molecule has 1 fully saturated rings. The Kier molecular flexibility index (Phi) is 4.97. The van der Waals surface area contributed by atoms with Crippen molar-refractivity contribution in [2.24, 2.45) is 0 Å². The van der Waals surface area contributed by atoms with E-state index in [0.717, 1.165) is 0 Å². The lowest BCUT2D eigenvalue weighted by Gasteiger charge is -2.22. The maximum atomic E-state index is 11.8. The molecule has 1 aliphatic rings. The van der Waals surface area contributed by atoms with E-state index in [-0.39, 0.29) is 5.91 Å². The smallest absolute Gasteiger partial charge is 0.251 e. The molecule has 1 aromatic carbocycles. The summed E-state index contributed by atoms with van der Waals surface area (Å²) in [6.45, 7) is 1.95. The predicted octanol–water partition coefficient (Wildman–Crippen LogP) is 2.84. The number of amides is 1. The molecule has 1 atom stereocenters. The van der Waals surface area contributed by atoms with Crippen molar-refractivity contribution in [2.75, 3.05) is 6.54 Å². The van der Waals surface area contributed by atoms with Crippen LogP contribution in [0.15, 0.2) is 24.3 Å². The maximum Gasteiger partial charge on any atom is 0.251 e. The van der Waals surface area contributed by atoms with Gasteiger partial charge in [-0.2, -0.15) is 0 Å². The molecule has 1 unspecified atom stereocenters. The minimum Gasteiger partial charge on any atom is -0.392 e. The average molecular weight is 261 g/mol. The van der Waals surface area contributed by atoms with Crippen molar-refractivity contribution < 1.29 is 9.90 Å². The molecule has 0 saturated heterocycles. The summed E-state index contributed by atoms with van der Waals surface area (Å²) >= 11 is 0. The Morgan fingerprint density at radius 3 is 2.47 bits per heavy atom. The fourth-order valence-corrected chi connectivity index (χ4v) is 2.69. The van der Waals surface area contributed by atoms with E-state index in [2.05, 4.69) is 17.4 Å². The lowest BCUT2D eigenvalue weighted by Crippen LogP contribution is -2.30. The van der Waals surface area contributed by atoms with Crippen LogP contribution in [0.1, 0.15) is 60.9 Å². The minimum atomic E-state index is -0.509. The number of rotatable bonds is 4. The minimum absolute atomic E-state index is 0.115. The highest BCUT2D eigenvalue weighted by Crippen LogP contribution is 2.32. The van der Waals surface area contributed by atoms with Gasteiger partial charge < -0.3 is 10.4 Å². The first-order chi connectivity index (χ1) is 9.16.